The van der Waals surface area contributed by atoms with Gasteiger partial charge in [-0.25, -0.2) is 4.98 Å². The SMILES string of the molecule is CC(=O)N1CCN(c2nccc(N3CCN(C=O)CC3)n2)CC1. The van der Waals surface area contributed by atoms with Gasteiger partial charge in [0.05, 0.1) is 0 Å². The number of hydrogen-bond donors (Lipinski definition) is 0. The summed E-state index contributed by atoms with van der Waals surface area (Å²) < 4.78 is 0. The third-order valence-corrected chi connectivity index (χ3v) is 4.42. The van der Waals surface area contributed by atoms with Crippen molar-refractivity contribution in [2.24, 2.45) is 0 Å². The molecule has 2 aliphatic heterocycles. The summed E-state index contributed by atoms with van der Waals surface area (Å²) in [5, 5.41) is 0. The molecule has 2 aliphatic rings. The molecule has 0 N–H and O–H groups in total. The molecule has 8 nitrogen and oxygen atoms in total. The third kappa shape index (κ3) is 3.52. The lowest BCUT2D eigenvalue weighted by Gasteiger charge is -2.35. The van der Waals surface area contributed by atoms with Crippen LogP contribution in [0, 0.1) is 0 Å². The van der Waals surface area contributed by atoms with Crippen LogP contribution >= 0.6 is 0 Å². The molecule has 23 heavy (non-hydrogen) atoms. The second-order valence-corrected chi connectivity index (χ2v) is 5.84. The zero-order chi connectivity index (χ0) is 16.2. The maximum atomic E-state index is 11.4. The van der Waals surface area contributed by atoms with Crippen molar-refractivity contribution in [1.82, 2.24) is 19.8 Å². The molecule has 2 fully saturated rings. The van der Waals surface area contributed by atoms with Crippen LogP contribution < -0.4 is 9.80 Å². The predicted octanol–water partition coefficient (Wildman–Crippen LogP) is -0.576. The topological polar surface area (TPSA) is 72.9 Å². The molecule has 1 aromatic heterocycles. The van der Waals surface area contributed by atoms with Crippen LogP contribution in [0.2, 0.25) is 0 Å². The van der Waals surface area contributed by atoms with Crippen LogP contribution in [-0.2, 0) is 9.59 Å². The number of rotatable bonds is 3. The van der Waals surface area contributed by atoms with Crippen molar-refractivity contribution in [3.8, 4) is 0 Å². The van der Waals surface area contributed by atoms with E-state index >= 15 is 0 Å². The van der Waals surface area contributed by atoms with Gasteiger partial charge in [0.1, 0.15) is 5.82 Å². The first-order valence-electron chi connectivity index (χ1n) is 7.95. The number of carbonyl (C=O) groups is 2. The maximum Gasteiger partial charge on any atom is 0.227 e. The Kier molecular flexibility index (Phi) is 4.59. The fraction of sp³-hybridized carbons (Fsp3) is 0.600. The highest BCUT2D eigenvalue weighted by molar-refractivity contribution is 5.73. The Labute approximate surface area is 135 Å². The van der Waals surface area contributed by atoms with Gasteiger partial charge in [-0.3, -0.25) is 9.59 Å². The highest BCUT2D eigenvalue weighted by Gasteiger charge is 2.22. The molecule has 0 bridgehead atoms. The Morgan fingerprint density at radius 3 is 2.30 bits per heavy atom. The summed E-state index contributed by atoms with van der Waals surface area (Å²) in [5.74, 6) is 1.73. The van der Waals surface area contributed by atoms with Gasteiger partial charge >= 0.3 is 0 Å². The molecular weight excluding hydrogens is 296 g/mol. The summed E-state index contributed by atoms with van der Waals surface area (Å²) in [6, 6.07) is 1.91. The molecule has 0 aromatic carbocycles. The van der Waals surface area contributed by atoms with Gasteiger partial charge in [-0.15, -0.1) is 0 Å². The van der Waals surface area contributed by atoms with Gasteiger partial charge in [0.15, 0.2) is 0 Å². The molecule has 0 saturated carbocycles. The fourth-order valence-electron chi connectivity index (χ4n) is 2.95. The van der Waals surface area contributed by atoms with Crippen LogP contribution in [0.3, 0.4) is 0 Å². The van der Waals surface area contributed by atoms with E-state index in [-0.39, 0.29) is 5.91 Å². The van der Waals surface area contributed by atoms with E-state index in [0.29, 0.717) is 19.0 Å². The Morgan fingerprint density at radius 1 is 1.04 bits per heavy atom. The summed E-state index contributed by atoms with van der Waals surface area (Å²) in [4.78, 5) is 39.1. The number of piperazine rings is 2. The molecule has 8 heteroatoms. The lowest BCUT2D eigenvalue weighted by Crippen LogP contribution is -2.49. The minimum absolute atomic E-state index is 0.118. The number of aromatic nitrogens is 2. The van der Waals surface area contributed by atoms with Gasteiger partial charge in [0.25, 0.3) is 0 Å². The Morgan fingerprint density at radius 2 is 1.70 bits per heavy atom. The molecule has 0 unspecified atom stereocenters. The summed E-state index contributed by atoms with van der Waals surface area (Å²) in [5.41, 5.74) is 0. The second kappa shape index (κ2) is 6.80. The molecule has 1 aromatic rings. The third-order valence-electron chi connectivity index (χ3n) is 4.42. The summed E-state index contributed by atoms with van der Waals surface area (Å²) in [7, 11) is 0. The molecule has 0 aliphatic carbocycles. The average Bonchev–Trinajstić information content (AvgIpc) is 2.62. The van der Waals surface area contributed by atoms with Gasteiger partial charge in [0.2, 0.25) is 18.3 Å². The first-order valence-corrected chi connectivity index (χ1v) is 7.95. The number of anilines is 2. The van der Waals surface area contributed by atoms with E-state index in [1.54, 1.807) is 18.0 Å². The van der Waals surface area contributed by atoms with Crippen molar-refractivity contribution in [3.63, 3.8) is 0 Å². The lowest BCUT2D eigenvalue weighted by molar-refractivity contribution is -0.129. The molecule has 0 atom stereocenters. The van der Waals surface area contributed by atoms with Crippen molar-refractivity contribution in [1.29, 1.82) is 0 Å². The molecular formula is C15H22N6O2. The normalized spacial score (nSPS) is 19.0. The van der Waals surface area contributed by atoms with E-state index in [0.717, 1.165) is 51.5 Å². The van der Waals surface area contributed by atoms with E-state index in [2.05, 4.69) is 19.8 Å². The van der Waals surface area contributed by atoms with Crippen LogP contribution in [0.15, 0.2) is 12.3 Å². The van der Waals surface area contributed by atoms with Crippen molar-refractivity contribution < 1.29 is 9.59 Å². The highest BCUT2D eigenvalue weighted by Crippen LogP contribution is 2.17. The Bertz CT molecular complexity index is 565. The molecule has 0 radical (unpaired) electrons. The summed E-state index contributed by atoms with van der Waals surface area (Å²) in [6.07, 6.45) is 2.68. The number of carbonyl (C=O) groups excluding carboxylic acids is 2. The summed E-state index contributed by atoms with van der Waals surface area (Å²) in [6.45, 7) is 7.54. The van der Waals surface area contributed by atoms with Gasteiger partial charge in [-0.2, -0.15) is 4.98 Å². The molecule has 2 saturated heterocycles. The molecule has 124 valence electrons. The smallest absolute Gasteiger partial charge is 0.227 e. The Balaban J connectivity index is 1.64. The van der Waals surface area contributed by atoms with Crippen LogP contribution in [0.4, 0.5) is 11.8 Å². The van der Waals surface area contributed by atoms with Gasteiger partial charge in [-0.1, -0.05) is 0 Å². The van der Waals surface area contributed by atoms with E-state index in [9.17, 15) is 9.59 Å². The van der Waals surface area contributed by atoms with E-state index in [1.165, 1.54) is 0 Å². The van der Waals surface area contributed by atoms with Crippen LogP contribution in [0.1, 0.15) is 6.92 Å². The fourth-order valence-corrected chi connectivity index (χ4v) is 2.95. The van der Waals surface area contributed by atoms with Crippen molar-refractivity contribution in [2.45, 2.75) is 6.92 Å². The van der Waals surface area contributed by atoms with Crippen molar-refractivity contribution in [3.05, 3.63) is 12.3 Å². The first kappa shape index (κ1) is 15.5. The largest absolute Gasteiger partial charge is 0.353 e. The molecule has 2 amide bonds. The standard InChI is InChI=1S/C15H22N6O2/c1-13(23)19-8-10-21(11-9-19)15-16-3-2-14(17-15)20-6-4-18(12-22)5-7-20/h2-3,12H,4-11H2,1H3. The van der Waals surface area contributed by atoms with E-state index in [4.69, 9.17) is 0 Å². The average molecular weight is 318 g/mol. The van der Waals surface area contributed by atoms with E-state index in [1.807, 2.05) is 11.0 Å². The van der Waals surface area contributed by atoms with Gasteiger partial charge < -0.3 is 19.6 Å². The molecule has 3 heterocycles. The van der Waals surface area contributed by atoms with Crippen molar-refractivity contribution >= 4 is 24.1 Å². The monoisotopic (exact) mass is 318 g/mol. The Hall–Kier alpha value is -2.38. The minimum Gasteiger partial charge on any atom is -0.353 e. The quantitative estimate of drug-likeness (QED) is 0.695. The van der Waals surface area contributed by atoms with Crippen LogP contribution in [0.25, 0.3) is 0 Å². The second-order valence-electron chi connectivity index (χ2n) is 5.84. The zero-order valence-corrected chi connectivity index (χ0v) is 13.4. The van der Waals surface area contributed by atoms with Crippen LogP contribution in [-0.4, -0.2) is 84.4 Å². The first-order chi connectivity index (χ1) is 11.2. The molecule has 0 spiro atoms. The van der Waals surface area contributed by atoms with Crippen molar-refractivity contribution in [2.75, 3.05) is 62.2 Å². The lowest BCUT2D eigenvalue weighted by atomic mass is 10.3. The number of hydrogen-bond acceptors (Lipinski definition) is 6. The summed E-state index contributed by atoms with van der Waals surface area (Å²) >= 11 is 0. The number of nitrogens with zero attached hydrogens (tertiary/aromatic N) is 6. The molecule has 3 rings (SSSR count). The van der Waals surface area contributed by atoms with Crippen LogP contribution in [0.5, 0.6) is 0 Å². The minimum atomic E-state index is 0.118. The van der Waals surface area contributed by atoms with Gasteiger partial charge in [0, 0.05) is 65.5 Å². The highest BCUT2D eigenvalue weighted by atomic mass is 16.2. The van der Waals surface area contributed by atoms with E-state index < -0.39 is 0 Å². The van der Waals surface area contributed by atoms with Gasteiger partial charge in [-0.05, 0) is 6.07 Å². The number of amides is 2. The predicted molar refractivity (Wildman–Crippen MR) is 86.3 cm³/mol. The maximum absolute atomic E-state index is 11.4. The zero-order valence-electron chi connectivity index (χ0n) is 13.4.